The van der Waals surface area contributed by atoms with Gasteiger partial charge in [0.15, 0.2) is 11.5 Å². The molecule has 0 aliphatic heterocycles. The maximum atomic E-state index is 12.7. The molecule has 5 rings (SSSR count). The Morgan fingerprint density at radius 3 is 2.36 bits per heavy atom. The van der Waals surface area contributed by atoms with Crippen LogP contribution in [0.2, 0.25) is 0 Å². The maximum absolute atomic E-state index is 12.7. The van der Waals surface area contributed by atoms with Crippen LogP contribution in [-0.2, 0) is 10.0 Å². The number of anilines is 2. The number of aryl methyl sites for hydroxylation is 2. The number of aromatic nitrogens is 1. The minimum Gasteiger partial charge on any atom is -0.440 e. The number of benzene rings is 3. The smallest absolute Gasteiger partial charge is 0.261 e. The lowest BCUT2D eigenvalue weighted by Crippen LogP contribution is -2.14. The van der Waals surface area contributed by atoms with Crippen LogP contribution in [-0.4, -0.2) is 19.3 Å². The molecule has 0 spiro atoms. The Kier molecular flexibility index (Phi) is 5.17. The zero-order valence-electron chi connectivity index (χ0n) is 18.3. The summed E-state index contributed by atoms with van der Waals surface area (Å²) in [5.41, 5.74) is 4.74. The third-order valence-electron chi connectivity index (χ3n) is 5.78. The minimum atomic E-state index is -3.72. The van der Waals surface area contributed by atoms with Gasteiger partial charge in [-0.15, -0.1) is 0 Å². The van der Waals surface area contributed by atoms with Gasteiger partial charge >= 0.3 is 0 Å². The summed E-state index contributed by atoms with van der Waals surface area (Å²) in [5, 5.41) is 2.85. The van der Waals surface area contributed by atoms with E-state index in [0.717, 1.165) is 29.9 Å². The number of sulfonamides is 1. The highest BCUT2D eigenvalue weighted by molar-refractivity contribution is 7.92. The first-order valence-corrected chi connectivity index (χ1v) is 12.2. The van der Waals surface area contributed by atoms with Gasteiger partial charge in [-0.05, 0) is 92.4 Å². The molecule has 1 saturated carbocycles. The lowest BCUT2D eigenvalue weighted by Gasteiger charge is -2.10. The van der Waals surface area contributed by atoms with E-state index >= 15 is 0 Å². The highest BCUT2D eigenvalue weighted by atomic mass is 32.2. The van der Waals surface area contributed by atoms with Gasteiger partial charge in [-0.25, -0.2) is 13.4 Å². The lowest BCUT2D eigenvalue weighted by molar-refractivity contribution is 0.102. The molecular formula is C25H23N3O4S. The summed E-state index contributed by atoms with van der Waals surface area (Å²) in [7, 11) is -3.72. The molecule has 2 N–H and O–H groups in total. The van der Waals surface area contributed by atoms with Crippen molar-refractivity contribution in [1.29, 1.82) is 0 Å². The van der Waals surface area contributed by atoms with Gasteiger partial charge in [-0.1, -0.05) is 6.07 Å². The van der Waals surface area contributed by atoms with E-state index in [1.54, 1.807) is 60.7 Å². The van der Waals surface area contributed by atoms with Gasteiger partial charge in [0, 0.05) is 22.9 Å². The van der Waals surface area contributed by atoms with E-state index in [4.69, 9.17) is 4.42 Å². The van der Waals surface area contributed by atoms with Gasteiger partial charge in [0.25, 0.3) is 15.9 Å². The van der Waals surface area contributed by atoms with Crippen LogP contribution in [0.15, 0.2) is 70.0 Å². The summed E-state index contributed by atoms with van der Waals surface area (Å²) in [6.07, 6.45) is 2.21. The van der Waals surface area contributed by atoms with Gasteiger partial charge in [0.05, 0.1) is 4.90 Å². The van der Waals surface area contributed by atoms with Crippen molar-refractivity contribution >= 4 is 38.4 Å². The molecule has 0 atom stereocenters. The molecule has 7 nitrogen and oxygen atoms in total. The molecule has 0 bridgehead atoms. The van der Waals surface area contributed by atoms with E-state index in [9.17, 15) is 13.2 Å². The zero-order valence-corrected chi connectivity index (χ0v) is 19.1. The molecule has 33 heavy (non-hydrogen) atoms. The predicted molar refractivity (Wildman–Crippen MR) is 127 cm³/mol. The number of amides is 1. The Balaban J connectivity index is 1.28. The minimum absolute atomic E-state index is 0.195. The molecule has 3 aromatic carbocycles. The summed E-state index contributed by atoms with van der Waals surface area (Å²) in [6.45, 7) is 3.80. The van der Waals surface area contributed by atoms with Crippen molar-refractivity contribution < 1.29 is 17.6 Å². The summed E-state index contributed by atoms with van der Waals surface area (Å²) < 4.78 is 33.7. The second-order valence-electron chi connectivity index (χ2n) is 8.39. The van der Waals surface area contributed by atoms with Gasteiger partial charge in [-0.2, -0.15) is 0 Å². The SMILES string of the molecule is Cc1ccc(S(=O)(=O)Nc2ccc(C(=O)Nc3ccc4oc(C5CC5)nc4c3)cc2)cc1C. The van der Waals surface area contributed by atoms with Gasteiger partial charge < -0.3 is 9.73 Å². The summed E-state index contributed by atoms with van der Waals surface area (Å²) >= 11 is 0. The van der Waals surface area contributed by atoms with Gasteiger partial charge in [0.1, 0.15) is 5.52 Å². The van der Waals surface area contributed by atoms with Crippen molar-refractivity contribution in [2.24, 2.45) is 0 Å². The lowest BCUT2D eigenvalue weighted by atomic mass is 10.1. The van der Waals surface area contributed by atoms with E-state index in [1.165, 1.54) is 0 Å². The molecular weight excluding hydrogens is 438 g/mol. The van der Waals surface area contributed by atoms with Crippen molar-refractivity contribution in [3.8, 4) is 0 Å². The Labute approximate surface area is 191 Å². The first-order chi connectivity index (χ1) is 15.8. The molecule has 1 heterocycles. The number of rotatable bonds is 6. The second kappa shape index (κ2) is 8.04. The first-order valence-electron chi connectivity index (χ1n) is 10.7. The number of carbonyl (C=O) groups is 1. The van der Waals surface area contributed by atoms with Gasteiger partial charge in [0.2, 0.25) is 0 Å². The summed E-state index contributed by atoms with van der Waals surface area (Å²) in [5.74, 6) is 0.873. The molecule has 1 aliphatic rings. The van der Waals surface area contributed by atoms with Crippen LogP contribution < -0.4 is 10.0 Å². The van der Waals surface area contributed by atoms with Crippen LogP contribution in [0, 0.1) is 13.8 Å². The Hall–Kier alpha value is -3.65. The number of nitrogens with one attached hydrogen (secondary N) is 2. The molecule has 4 aromatic rings. The van der Waals surface area contributed by atoms with E-state index in [0.29, 0.717) is 34.0 Å². The van der Waals surface area contributed by atoms with Crippen molar-refractivity contribution in [1.82, 2.24) is 4.98 Å². The van der Waals surface area contributed by atoms with Crippen LogP contribution in [0.4, 0.5) is 11.4 Å². The fourth-order valence-electron chi connectivity index (χ4n) is 3.52. The molecule has 0 radical (unpaired) electrons. The largest absolute Gasteiger partial charge is 0.440 e. The fourth-order valence-corrected chi connectivity index (χ4v) is 4.66. The Morgan fingerprint density at radius 1 is 0.939 bits per heavy atom. The second-order valence-corrected chi connectivity index (χ2v) is 10.1. The maximum Gasteiger partial charge on any atom is 0.261 e. The third kappa shape index (κ3) is 4.47. The number of carbonyl (C=O) groups excluding carboxylic acids is 1. The molecule has 1 amide bonds. The molecule has 8 heteroatoms. The number of nitrogens with zero attached hydrogens (tertiary/aromatic N) is 1. The van der Waals surface area contributed by atoms with Crippen molar-refractivity contribution in [2.45, 2.75) is 37.5 Å². The topological polar surface area (TPSA) is 101 Å². The van der Waals surface area contributed by atoms with Crippen molar-refractivity contribution in [3.05, 3.63) is 83.2 Å². The zero-order chi connectivity index (χ0) is 23.2. The molecule has 168 valence electrons. The molecule has 1 aromatic heterocycles. The monoisotopic (exact) mass is 461 g/mol. The van der Waals surface area contributed by atoms with Crippen molar-refractivity contribution in [3.63, 3.8) is 0 Å². The third-order valence-corrected chi connectivity index (χ3v) is 7.16. The fraction of sp³-hybridized carbons (Fsp3) is 0.200. The number of oxazole rings is 1. The van der Waals surface area contributed by atoms with E-state index in [2.05, 4.69) is 15.0 Å². The number of fused-ring (bicyclic) bond motifs is 1. The number of hydrogen-bond acceptors (Lipinski definition) is 5. The first kappa shape index (κ1) is 21.2. The Bertz CT molecular complexity index is 1470. The molecule has 0 saturated heterocycles. The highest BCUT2D eigenvalue weighted by Gasteiger charge is 2.29. The summed E-state index contributed by atoms with van der Waals surface area (Å²) in [6, 6.07) is 16.6. The van der Waals surface area contributed by atoms with Crippen LogP contribution >= 0.6 is 0 Å². The molecule has 1 aliphatic carbocycles. The standard InChI is InChI=1S/C25H23N3O4S/c1-15-3-11-21(13-16(15)2)33(30,31)28-19-8-6-17(7-9-19)24(29)26-20-10-12-23-22(14-20)27-25(32-23)18-4-5-18/h3,6-14,18,28H,4-5H2,1-2H3,(H,26,29). The predicted octanol–water partition coefficient (Wildman–Crippen LogP) is 5.38. The quantitative estimate of drug-likeness (QED) is 0.402. The van der Waals surface area contributed by atoms with E-state index in [1.807, 2.05) is 13.8 Å². The van der Waals surface area contributed by atoms with E-state index < -0.39 is 10.0 Å². The highest BCUT2D eigenvalue weighted by Crippen LogP contribution is 2.40. The van der Waals surface area contributed by atoms with Crippen LogP contribution in [0.5, 0.6) is 0 Å². The Morgan fingerprint density at radius 2 is 1.67 bits per heavy atom. The average Bonchev–Trinajstić information content (AvgIpc) is 3.55. The molecule has 0 unspecified atom stereocenters. The summed E-state index contributed by atoms with van der Waals surface area (Å²) in [4.78, 5) is 17.4. The van der Waals surface area contributed by atoms with Crippen LogP contribution in [0.1, 0.15) is 46.1 Å². The van der Waals surface area contributed by atoms with Crippen LogP contribution in [0.25, 0.3) is 11.1 Å². The van der Waals surface area contributed by atoms with Gasteiger partial charge in [-0.3, -0.25) is 9.52 Å². The van der Waals surface area contributed by atoms with Crippen molar-refractivity contribution in [2.75, 3.05) is 10.0 Å². The number of hydrogen-bond donors (Lipinski definition) is 2. The normalized spacial score (nSPS) is 13.8. The average molecular weight is 462 g/mol. The molecule has 1 fully saturated rings. The van der Waals surface area contributed by atoms with E-state index in [-0.39, 0.29) is 10.8 Å². The van der Waals surface area contributed by atoms with Crippen LogP contribution in [0.3, 0.4) is 0 Å².